The van der Waals surface area contributed by atoms with Crippen molar-refractivity contribution in [2.24, 2.45) is 0 Å². The lowest BCUT2D eigenvalue weighted by Crippen LogP contribution is -2.18. The van der Waals surface area contributed by atoms with Gasteiger partial charge in [-0.15, -0.1) is 0 Å². The Morgan fingerprint density at radius 1 is 1.00 bits per heavy atom. The van der Waals surface area contributed by atoms with E-state index in [0.29, 0.717) is 17.9 Å². The number of carbonyl (C=O) groups is 1. The first kappa shape index (κ1) is 17.8. The Morgan fingerprint density at radius 2 is 1.58 bits per heavy atom. The summed E-state index contributed by atoms with van der Waals surface area (Å²) in [6, 6.07) is 18.3. The molecule has 0 atom stereocenters. The highest BCUT2D eigenvalue weighted by molar-refractivity contribution is 5.87. The molecule has 0 aliphatic heterocycles. The van der Waals surface area contributed by atoms with Gasteiger partial charge in [-0.3, -0.25) is 0 Å². The second-order valence-corrected chi connectivity index (χ2v) is 6.15. The number of benzene rings is 2. The maximum Gasteiger partial charge on any atom is 0.336 e. The van der Waals surface area contributed by atoms with E-state index < -0.39 is 0 Å². The summed E-state index contributed by atoms with van der Waals surface area (Å²) in [5.74, 6) is 0.325. The minimum absolute atomic E-state index is 0.0868. The third-order valence-corrected chi connectivity index (χ3v) is 4.04. The SMILES string of the molecule is CCOC(=O)C(C)=COc1ccc(C(C)(C)c2ccccc2)cc1. The van der Waals surface area contributed by atoms with Crippen LogP contribution in [0.4, 0.5) is 0 Å². The molecule has 0 fully saturated rings. The van der Waals surface area contributed by atoms with Crippen molar-refractivity contribution >= 4 is 5.97 Å². The Balaban J connectivity index is 2.11. The summed E-state index contributed by atoms with van der Waals surface area (Å²) in [5, 5.41) is 0. The zero-order valence-electron chi connectivity index (χ0n) is 14.7. The average molecular weight is 324 g/mol. The summed E-state index contributed by atoms with van der Waals surface area (Å²) in [5.41, 5.74) is 2.81. The van der Waals surface area contributed by atoms with E-state index in [0.717, 1.165) is 0 Å². The first-order valence-corrected chi connectivity index (χ1v) is 8.11. The van der Waals surface area contributed by atoms with Crippen molar-refractivity contribution < 1.29 is 14.3 Å². The van der Waals surface area contributed by atoms with Gasteiger partial charge in [0.05, 0.1) is 12.2 Å². The lowest BCUT2D eigenvalue weighted by Gasteiger charge is -2.26. The molecule has 0 bridgehead atoms. The maximum absolute atomic E-state index is 11.5. The molecule has 0 aliphatic carbocycles. The standard InChI is InChI=1S/C21H24O3/c1-5-23-20(22)16(2)15-24-19-13-11-18(12-14-19)21(3,4)17-9-7-6-8-10-17/h6-15H,5H2,1-4H3. The maximum atomic E-state index is 11.5. The van der Waals surface area contributed by atoms with Crippen LogP contribution in [-0.2, 0) is 14.9 Å². The van der Waals surface area contributed by atoms with Crippen LogP contribution in [0.5, 0.6) is 5.75 Å². The zero-order chi connectivity index (χ0) is 17.6. The van der Waals surface area contributed by atoms with E-state index in [9.17, 15) is 4.79 Å². The van der Waals surface area contributed by atoms with Gasteiger partial charge in [-0.1, -0.05) is 56.3 Å². The summed E-state index contributed by atoms with van der Waals surface area (Å²) in [6.45, 7) is 8.20. The Hall–Kier alpha value is -2.55. The molecule has 0 saturated carbocycles. The van der Waals surface area contributed by atoms with Crippen LogP contribution in [0.1, 0.15) is 38.8 Å². The smallest absolute Gasteiger partial charge is 0.336 e. The predicted octanol–water partition coefficient (Wildman–Crippen LogP) is 4.86. The molecule has 0 radical (unpaired) electrons. The topological polar surface area (TPSA) is 35.5 Å². The normalized spacial score (nSPS) is 11.9. The molecular weight excluding hydrogens is 300 g/mol. The van der Waals surface area contributed by atoms with Crippen molar-refractivity contribution in [1.82, 2.24) is 0 Å². The fourth-order valence-corrected chi connectivity index (χ4v) is 2.42. The minimum Gasteiger partial charge on any atom is -0.464 e. The molecule has 2 aromatic rings. The molecule has 0 aliphatic rings. The van der Waals surface area contributed by atoms with Crippen molar-refractivity contribution in [3.05, 3.63) is 77.6 Å². The molecule has 0 spiro atoms. The van der Waals surface area contributed by atoms with Gasteiger partial charge in [-0.2, -0.15) is 0 Å². The lowest BCUT2D eigenvalue weighted by molar-refractivity contribution is -0.138. The Bertz CT molecular complexity index is 698. The van der Waals surface area contributed by atoms with Gasteiger partial charge in [-0.25, -0.2) is 4.79 Å². The first-order valence-electron chi connectivity index (χ1n) is 8.11. The Labute approximate surface area is 143 Å². The molecule has 0 unspecified atom stereocenters. The van der Waals surface area contributed by atoms with Crippen LogP contribution in [0, 0.1) is 0 Å². The minimum atomic E-state index is -0.362. The van der Waals surface area contributed by atoms with Crippen molar-refractivity contribution in [2.75, 3.05) is 6.61 Å². The molecule has 3 heteroatoms. The predicted molar refractivity (Wildman–Crippen MR) is 96.0 cm³/mol. The number of ether oxygens (including phenoxy) is 2. The summed E-state index contributed by atoms with van der Waals surface area (Å²) >= 11 is 0. The molecule has 2 rings (SSSR count). The second kappa shape index (κ2) is 7.82. The number of esters is 1. The van der Waals surface area contributed by atoms with Gasteiger partial charge >= 0.3 is 5.97 Å². The fourth-order valence-electron chi connectivity index (χ4n) is 2.42. The fraction of sp³-hybridized carbons (Fsp3) is 0.286. The lowest BCUT2D eigenvalue weighted by atomic mass is 9.78. The van der Waals surface area contributed by atoms with E-state index in [1.165, 1.54) is 17.4 Å². The van der Waals surface area contributed by atoms with E-state index >= 15 is 0 Å². The highest BCUT2D eigenvalue weighted by atomic mass is 16.5. The average Bonchev–Trinajstić information content (AvgIpc) is 2.61. The van der Waals surface area contributed by atoms with E-state index in [4.69, 9.17) is 9.47 Å². The monoisotopic (exact) mass is 324 g/mol. The number of hydrogen-bond acceptors (Lipinski definition) is 3. The summed E-state index contributed by atoms with van der Waals surface area (Å²) in [7, 11) is 0. The van der Waals surface area contributed by atoms with Crippen LogP contribution in [0.25, 0.3) is 0 Å². The molecule has 2 aromatic carbocycles. The summed E-state index contributed by atoms with van der Waals surface area (Å²) < 4.78 is 10.5. The first-order chi connectivity index (χ1) is 11.4. The van der Waals surface area contributed by atoms with Crippen molar-refractivity contribution in [1.29, 1.82) is 0 Å². The highest BCUT2D eigenvalue weighted by Gasteiger charge is 2.22. The van der Waals surface area contributed by atoms with Crippen LogP contribution in [0.2, 0.25) is 0 Å². The van der Waals surface area contributed by atoms with Gasteiger partial charge in [0.15, 0.2) is 0 Å². The van der Waals surface area contributed by atoms with Crippen LogP contribution < -0.4 is 4.74 Å². The van der Waals surface area contributed by atoms with E-state index in [2.05, 4.69) is 50.2 Å². The molecule has 0 amide bonds. The zero-order valence-corrected chi connectivity index (χ0v) is 14.7. The van der Waals surface area contributed by atoms with Crippen LogP contribution >= 0.6 is 0 Å². The summed E-state index contributed by atoms with van der Waals surface area (Å²) in [6.07, 6.45) is 1.43. The van der Waals surface area contributed by atoms with Gasteiger partial charge in [0, 0.05) is 5.41 Å². The molecular formula is C21H24O3. The van der Waals surface area contributed by atoms with Crippen LogP contribution in [-0.4, -0.2) is 12.6 Å². The van der Waals surface area contributed by atoms with E-state index in [1.54, 1.807) is 13.8 Å². The summed E-state index contributed by atoms with van der Waals surface area (Å²) in [4.78, 5) is 11.5. The molecule has 0 heterocycles. The molecule has 0 saturated heterocycles. The third kappa shape index (κ3) is 4.25. The Morgan fingerprint density at radius 3 is 2.17 bits per heavy atom. The van der Waals surface area contributed by atoms with Crippen molar-refractivity contribution in [3.63, 3.8) is 0 Å². The van der Waals surface area contributed by atoms with Crippen molar-refractivity contribution in [3.8, 4) is 5.75 Å². The molecule has 126 valence electrons. The molecule has 3 nitrogen and oxygen atoms in total. The molecule has 24 heavy (non-hydrogen) atoms. The molecule has 0 aromatic heterocycles. The molecule has 0 N–H and O–H groups in total. The van der Waals surface area contributed by atoms with Crippen LogP contribution in [0.3, 0.4) is 0 Å². The largest absolute Gasteiger partial charge is 0.464 e. The van der Waals surface area contributed by atoms with Crippen molar-refractivity contribution in [2.45, 2.75) is 33.1 Å². The Kier molecular flexibility index (Phi) is 5.80. The van der Waals surface area contributed by atoms with E-state index in [-0.39, 0.29) is 11.4 Å². The van der Waals surface area contributed by atoms with Gasteiger partial charge in [0.1, 0.15) is 12.0 Å². The van der Waals surface area contributed by atoms with E-state index in [1.807, 2.05) is 18.2 Å². The quantitative estimate of drug-likeness (QED) is 0.432. The van der Waals surface area contributed by atoms with Gasteiger partial charge < -0.3 is 9.47 Å². The number of rotatable bonds is 6. The van der Waals surface area contributed by atoms with Gasteiger partial charge in [0.25, 0.3) is 0 Å². The third-order valence-electron chi connectivity index (χ3n) is 4.04. The number of carbonyl (C=O) groups excluding carboxylic acids is 1. The van der Waals surface area contributed by atoms with Crippen LogP contribution in [0.15, 0.2) is 66.4 Å². The number of hydrogen-bond donors (Lipinski definition) is 0. The highest BCUT2D eigenvalue weighted by Crippen LogP contribution is 2.32. The van der Waals surface area contributed by atoms with Gasteiger partial charge in [0.2, 0.25) is 0 Å². The van der Waals surface area contributed by atoms with Gasteiger partial charge in [-0.05, 0) is 37.1 Å². The second-order valence-electron chi connectivity index (χ2n) is 6.15.